The second-order valence-corrected chi connectivity index (χ2v) is 10.0. The fourth-order valence-corrected chi connectivity index (χ4v) is 4.45. The van der Waals surface area contributed by atoms with Crippen molar-refractivity contribution in [2.24, 2.45) is 5.73 Å². The van der Waals surface area contributed by atoms with Crippen LogP contribution in [0.15, 0.2) is 66.9 Å². The zero-order valence-electron chi connectivity index (χ0n) is 23.7. The molecule has 3 aromatic carbocycles. The molecule has 0 saturated carbocycles. The molecule has 4 rings (SSSR count). The van der Waals surface area contributed by atoms with Crippen molar-refractivity contribution in [3.8, 4) is 22.8 Å². The Labute approximate surface area is 235 Å². The first-order valence-corrected chi connectivity index (χ1v) is 13.3. The number of nitrogen functional groups attached to an aromatic ring is 1. The van der Waals surface area contributed by atoms with Crippen LogP contribution >= 0.6 is 0 Å². The second kappa shape index (κ2) is 12.7. The number of aromatic amines is 1. The first-order valence-electron chi connectivity index (χ1n) is 13.3. The Balaban J connectivity index is 1.79. The van der Waals surface area contributed by atoms with Gasteiger partial charge in [0.15, 0.2) is 11.6 Å². The molecule has 0 amide bonds. The molecule has 0 bridgehead atoms. The molecule has 4 N–H and O–H groups in total. The number of nitrogens with one attached hydrogen (secondary N) is 2. The summed E-state index contributed by atoms with van der Waals surface area (Å²) in [6, 6.07) is 18.6. The van der Waals surface area contributed by atoms with Gasteiger partial charge in [0.25, 0.3) is 0 Å². The van der Waals surface area contributed by atoms with Gasteiger partial charge < -0.3 is 30.0 Å². The summed E-state index contributed by atoms with van der Waals surface area (Å²) in [6.45, 7) is 6.95. The number of hydrogen-bond donors (Lipinski definition) is 3. The average molecular weight is 545 g/mol. The molecule has 1 aromatic heterocycles. The van der Waals surface area contributed by atoms with Crippen LogP contribution < -0.4 is 20.1 Å². The summed E-state index contributed by atoms with van der Waals surface area (Å²) < 4.78 is 27.3. The Morgan fingerprint density at radius 3 is 2.42 bits per heavy atom. The van der Waals surface area contributed by atoms with E-state index in [1.807, 2.05) is 76.3 Å². The van der Waals surface area contributed by atoms with E-state index in [9.17, 15) is 0 Å². The lowest BCUT2D eigenvalue weighted by atomic mass is 10.0. The van der Waals surface area contributed by atoms with E-state index in [2.05, 4.69) is 16.0 Å². The minimum Gasteiger partial charge on any atom is -0.494 e. The van der Waals surface area contributed by atoms with Gasteiger partial charge in [0, 0.05) is 41.2 Å². The van der Waals surface area contributed by atoms with Crippen LogP contribution in [0.5, 0.6) is 11.5 Å². The predicted octanol–water partition coefficient (Wildman–Crippen LogP) is 6.09. The SMILES string of the molecule is CCOc1cc(CN(c2ccc(C(=N)N)cc2)c2nc(-c3ccccc3CN(C)C)c[nH]2)c(F)c(OC(C)C)c1. The first kappa shape index (κ1) is 28.6. The van der Waals surface area contributed by atoms with Crippen molar-refractivity contribution in [2.75, 3.05) is 25.6 Å². The lowest BCUT2D eigenvalue weighted by Crippen LogP contribution is -2.20. The van der Waals surface area contributed by atoms with Gasteiger partial charge >= 0.3 is 0 Å². The minimum absolute atomic E-state index is 0.0261. The summed E-state index contributed by atoms with van der Waals surface area (Å²) >= 11 is 0. The van der Waals surface area contributed by atoms with E-state index < -0.39 is 5.82 Å². The quantitative estimate of drug-likeness (QED) is 0.147. The largest absolute Gasteiger partial charge is 0.494 e. The molecule has 0 unspecified atom stereocenters. The summed E-state index contributed by atoms with van der Waals surface area (Å²) in [5, 5.41) is 7.76. The number of amidine groups is 1. The van der Waals surface area contributed by atoms with E-state index in [0.717, 1.165) is 29.1 Å². The van der Waals surface area contributed by atoms with Gasteiger partial charge in [-0.15, -0.1) is 0 Å². The molecule has 4 aromatic rings. The van der Waals surface area contributed by atoms with Gasteiger partial charge in [-0.25, -0.2) is 9.37 Å². The van der Waals surface area contributed by atoms with Gasteiger partial charge in [-0.05, 0) is 70.8 Å². The molecule has 0 saturated heterocycles. The maximum atomic E-state index is 15.8. The zero-order chi connectivity index (χ0) is 28.8. The predicted molar refractivity (Wildman–Crippen MR) is 158 cm³/mol. The van der Waals surface area contributed by atoms with Gasteiger partial charge in [0.05, 0.1) is 24.9 Å². The van der Waals surface area contributed by atoms with Crippen LogP contribution in [0.4, 0.5) is 16.0 Å². The van der Waals surface area contributed by atoms with Crippen LogP contribution in [0.3, 0.4) is 0 Å². The Morgan fingerprint density at radius 1 is 1.05 bits per heavy atom. The fraction of sp³-hybridized carbons (Fsp3) is 0.290. The van der Waals surface area contributed by atoms with Crippen molar-refractivity contribution in [1.29, 1.82) is 5.41 Å². The van der Waals surface area contributed by atoms with Gasteiger partial charge in [-0.1, -0.05) is 24.3 Å². The van der Waals surface area contributed by atoms with Gasteiger partial charge in [-0.2, -0.15) is 0 Å². The van der Waals surface area contributed by atoms with Crippen LogP contribution in [-0.2, 0) is 13.1 Å². The third-order valence-corrected chi connectivity index (χ3v) is 6.18. The molecule has 1 heterocycles. The summed E-state index contributed by atoms with van der Waals surface area (Å²) in [5.41, 5.74) is 10.4. The number of anilines is 2. The molecule has 0 aliphatic carbocycles. The van der Waals surface area contributed by atoms with E-state index >= 15 is 4.39 Å². The van der Waals surface area contributed by atoms with Crippen molar-refractivity contribution >= 4 is 17.5 Å². The molecule has 0 aliphatic heterocycles. The van der Waals surface area contributed by atoms with Crippen molar-refractivity contribution in [3.05, 3.63) is 89.4 Å². The minimum atomic E-state index is -0.453. The highest BCUT2D eigenvalue weighted by molar-refractivity contribution is 5.95. The van der Waals surface area contributed by atoms with Crippen molar-refractivity contribution in [3.63, 3.8) is 0 Å². The van der Waals surface area contributed by atoms with Crippen LogP contribution in [-0.4, -0.2) is 47.5 Å². The Hall–Kier alpha value is -4.37. The lowest BCUT2D eigenvalue weighted by molar-refractivity contribution is 0.228. The van der Waals surface area contributed by atoms with Gasteiger partial charge in [-0.3, -0.25) is 5.41 Å². The number of aromatic nitrogens is 2. The molecule has 8 nitrogen and oxygen atoms in total. The maximum Gasteiger partial charge on any atom is 0.208 e. The topological polar surface area (TPSA) is 103 Å². The fourth-order valence-electron chi connectivity index (χ4n) is 4.45. The Morgan fingerprint density at radius 2 is 1.77 bits per heavy atom. The molecular formula is C31H37FN6O2. The molecule has 40 heavy (non-hydrogen) atoms. The van der Waals surface area contributed by atoms with Gasteiger partial charge in [0.1, 0.15) is 11.6 Å². The Bertz CT molecular complexity index is 1450. The van der Waals surface area contributed by atoms with Crippen LogP contribution in [0.25, 0.3) is 11.3 Å². The number of hydrogen-bond acceptors (Lipinski definition) is 6. The molecular weight excluding hydrogens is 507 g/mol. The van der Waals surface area contributed by atoms with E-state index in [1.54, 1.807) is 24.3 Å². The Kier molecular flexibility index (Phi) is 9.06. The normalized spacial score (nSPS) is 11.2. The third-order valence-electron chi connectivity index (χ3n) is 6.18. The van der Waals surface area contributed by atoms with Crippen molar-refractivity contribution < 1.29 is 13.9 Å². The highest BCUT2D eigenvalue weighted by Crippen LogP contribution is 2.34. The van der Waals surface area contributed by atoms with Crippen LogP contribution in [0.1, 0.15) is 37.5 Å². The number of benzene rings is 3. The summed E-state index contributed by atoms with van der Waals surface area (Å²) in [7, 11) is 4.06. The first-order chi connectivity index (χ1) is 19.2. The highest BCUT2D eigenvalue weighted by atomic mass is 19.1. The van der Waals surface area contributed by atoms with E-state index in [0.29, 0.717) is 29.4 Å². The molecule has 210 valence electrons. The van der Waals surface area contributed by atoms with Crippen molar-refractivity contribution in [2.45, 2.75) is 40.0 Å². The molecule has 0 aliphatic rings. The van der Waals surface area contributed by atoms with E-state index in [1.165, 1.54) is 0 Å². The number of ether oxygens (including phenoxy) is 2. The van der Waals surface area contributed by atoms with E-state index in [-0.39, 0.29) is 24.2 Å². The summed E-state index contributed by atoms with van der Waals surface area (Å²) in [6.07, 6.45) is 1.66. The summed E-state index contributed by atoms with van der Waals surface area (Å²) in [4.78, 5) is 12.2. The van der Waals surface area contributed by atoms with Crippen molar-refractivity contribution in [1.82, 2.24) is 14.9 Å². The molecule has 0 radical (unpaired) electrons. The number of H-pyrrole nitrogens is 1. The molecule has 0 spiro atoms. The van der Waals surface area contributed by atoms with Crippen LogP contribution in [0, 0.1) is 11.2 Å². The molecule has 9 heteroatoms. The van der Waals surface area contributed by atoms with E-state index in [4.69, 9.17) is 25.6 Å². The molecule has 0 atom stereocenters. The monoisotopic (exact) mass is 544 g/mol. The number of halogens is 1. The molecule has 0 fully saturated rings. The zero-order valence-corrected chi connectivity index (χ0v) is 23.7. The number of imidazole rings is 1. The van der Waals surface area contributed by atoms with Gasteiger partial charge in [0.2, 0.25) is 5.95 Å². The number of nitrogens with two attached hydrogens (primary N) is 1. The third kappa shape index (κ3) is 6.79. The average Bonchev–Trinajstić information content (AvgIpc) is 3.39. The maximum absolute atomic E-state index is 15.8. The van der Waals surface area contributed by atoms with Crippen LogP contribution in [0.2, 0.25) is 0 Å². The highest BCUT2D eigenvalue weighted by Gasteiger charge is 2.21. The second-order valence-electron chi connectivity index (χ2n) is 10.0. The summed E-state index contributed by atoms with van der Waals surface area (Å²) in [5.74, 6) is 0.727. The number of nitrogens with zero attached hydrogens (tertiary/aromatic N) is 3. The lowest BCUT2D eigenvalue weighted by Gasteiger charge is -2.24. The smallest absolute Gasteiger partial charge is 0.208 e. The number of rotatable bonds is 12. The standard InChI is InChI=1S/C31H37FN6O2/c1-6-39-25-15-23(29(32)28(16-25)40-20(2)3)19-38(24-13-11-21(12-14-24)30(33)34)31-35-17-27(36-31)26-10-8-7-9-22(26)18-37(4)5/h7-17,20H,6,18-19H2,1-5H3,(H3,33,34)(H,35,36).